The third-order valence-corrected chi connectivity index (χ3v) is 4.15. The topological polar surface area (TPSA) is 58.1 Å². The fourth-order valence-electron chi connectivity index (χ4n) is 2.83. The van der Waals surface area contributed by atoms with Crippen LogP contribution in [-0.4, -0.2) is 56.8 Å². The molecule has 0 aliphatic carbocycles. The van der Waals surface area contributed by atoms with Gasteiger partial charge in [0.05, 0.1) is 7.11 Å². The molecule has 0 spiro atoms. The van der Waals surface area contributed by atoms with Crippen molar-refractivity contribution >= 4 is 5.96 Å². The van der Waals surface area contributed by atoms with Crippen LogP contribution < -0.4 is 20.1 Å². The van der Waals surface area contributed by atoms with Gasteiger partial charge in [-0.05, 0) is 39.8 Å². The molecule has 0 unspecified atom stereocenters. The average molecular weight is 386 g/mol. The Kier molecular flexibility index (Phi) is 9.85. The molecule has 1 rings (SSSR count). The molecule has 154 valence electrons. The molecule has 0 heterocycles. The van der Waals surface area contributed by atoms with Crippen molar-refractivity contribution in [1.29, 1.82) is 0 Å². The molecule has 0 aliphatic heterocycles. The van der Waals surface area contributed by atoms with Gasteiger partial charge in [0.15, 0.2) is 5.96 Å². The van der Waals surface area contributed by atoms with Crippen LogP contribution in [0.2, 0.25) is 0 Å². The minimum Gasteiger partial charge on any atom is -0.497 e. The van der Waals surface area contributed by atoms with Gasteiger partial charge >= 0.3 is 6.61 Å². The van der Waals surface area contributed by atoms with E-state index in [-0.39, 0.29) is 5.75 Å². The predicted octanol–water partition coefficient (Wildman–Crippen LogP) is 3.08. The fourth-order valence-corrected chi connectivity index (χ4v) is 2.83. The maximum atomic E-state index is 12.6. The third kappa shape index (κ3) is 7.99. The van der Waals surface area contributed by atoms with Crippen LogP contribution in [0.25, 0.3) is 0 Å². The molecule has 0 saturated carbocycles. The Bertz CT molecular complexity index is 587. The van der Waals surface area contributed by atoms with E-state index in [2.05, 4.69) is 53.0 Å². The highest BCUT2D eigenvalue weighted by Gasteiger charge is 2.14. The Labute approximate surface area is 160 Å². The molecule has 0 saturated heterocycles. The lowest BCUT2D eigenvalue weighted by molar-refractivity contribution is -0.0505. The number of rotatable bonds is 10. The van der Waals surface area contributed by atoms with E-state index in [0.717, 1.165) is 13.1 Å². The highest BCUT2D eigenvalue weighted by molar-refractivity contribution is 5.79. The highest BCUT2D eigenvalue weighted by Crippen LogP contribution is 2.26. The highest BCUT2D eigenvalue weighted by atomic mass is 19.3. The molecular formula is C19H32F2N4O2. The molecule has 2 N–H and O–H groups in total. The fraction of sp³-hybridized carbons (Fsp3) is 0.632. The van der Waals surface area contributed by atoms with Crippen molar-refractivity contribution in [2.45, 2.75) is 52.9 Å². The van der Waals surface area contributed by atoms with Gasteiger partial charge in [0, 0.05) is 50.4 Å². The Morgan fingerprint density at radius 2 is 1.81 bits per heavy atom. The van der Waals surface area contributed by atoms with Gasteiger partial charge in [0.25, 0.3) is 0 Å². The second-order valence-electron chi connectivity index (χ2n) is 6.63. The number of alkyl halides is 2. The number of nitrogens with zero attached hydrogens (tertiary/aromatic N) is 2. The zero-order valence-electron chi connectivity index (χ0n) is 17.1. The SMILES string of the molecule is CN=C(NCCN(C(C)C)C(C)C)NCc1ccc(OC)cc1OC(F)F. The van der Waals surface area contributed by atoms with E-state index in [9.17, 15) is 8.78 Å². The summed E-state index contributed by atoms with van der Waals surface area (Å²) in [7, 11) is 3.14. The number of hydrogen-bond donors (Lipinski definition) is 2. The number of hydrogen-bond acceptors (Lipinski definition) is 4. The molecule has 6 nitrogen and oxygen atoms in total. The minimum atomic E-state index is -2.90. The minimum absolute atomic E-state index is 0.0816. The monoisotopic (exact) mass is 386 g/mol. The second-order valence-corrected chi connectivity index (χ2v) is 6.63. The van der Waals surface area contributed by atoms with Gasteiger partial charge in [0.1, 0.15) is 11.5 Å². The number of ether oxygens (including phenoxy) is 2. The lowest BCUT2D eigenvalue weighted by Crippen LogP contribution is -2.45. The Balaban J connectivity index is 2.64. The molecule has 8 heteroatoms. The molecule has 0 aliphatic rings. The molecule has 0 aromatic heterocycles. The summed E-state index contributed by atoms with van der Waals surface area (Å²) < 4.78 is 35.0. The Hall–Kier alpha value is -2.09. The van der Waals surface area contributed by atoms with Crippen LogP contribution in [0.5, 0.6) is 11.5 Å². The molecular weight excluding hydrogens is 354 g/mol. The number of halogens is 2. The first-order valence-electron chi connectivity index (χ1n) is 9.10. The van der Waals surface area contributed by atoms with Crippen molar-refractivity contribution in [2.24, 2.45) is 4.99 Å². The van der Waals surface area contributed by atoms with Crippen LogP contribution in [0.4, 0.5) is 8.78 Å². The average Bonchev–Trinajstić information content (AvgIpc) is 2.60. The standard InChI is InChI=1S/C19H32F2N4O2/c1-13(2)25(14(3)4)10-9-23-19(22-5)24-12-15-7-8-16(26-6)11-17(15)27-18(20)21/h7-8,11,13-14,18H,9-10,12H2,1-6H3,(H2,22,23,24). The van der Waals surface area contributed by atoms with Gasteiger partial charge in [-0.25, -0.2) is 0 Å². The summed E-state index contributed by atoms with van der Waals surface area (Å²) >= 11 is 0. The van der Waals surface area contributed by atoms with Crippen molar-refractivity contribution in [1.82, 2.24) is 15.5 Å². The van der Waals surface area contributed by atoms with Gasteiger partial charge in [-0.15, -0.1) is 0 Å². The Morgan fingerprint density at radius 1 is 1.15 bits per heavy atom. The van der Waals surface area contributed by atoms with Crippen molar-refractivity contribution in [2.75, 3.05) is 27.2 Å². The van der Waals surface area contributed by atoms with E-state index in [1.165, 1.54) is 13.2 Å². The summed E-state index contributed by atoms with van der Waals surface area (Å²) in [5.41, 5.74) is 0.588. The van der Waals surface area contributed by atoms with Crippen LogP contribution in [0.3, 0.4) is 0 Å². The molecule has 0 bridgehead atoms. The van der Waals surface area contributed by atoms with E-state index >= 15 is 0 Å². The van der Waals surface area contributed by atoms with E-state index in [1.54, 1.807) is 19.2 Å². The summed E-state index contributed by atoms with van der Waals surface area (Å²) in [5.74, 6) is 1.14. The second kappa shape index (κ2) is 11.6. The molecule has 1 aromatic carbocycles. The van der Waals surface area contributed by atoms with Gasteiger partial charge < -0.3 is 20.1 Å². The van der Waals surface area contributed by atoms with Crippen LogP contribution in [0, 0.1) is 0 Å². The van der Waals surface area contributed by atoms with Gasteiger partial charge in [-0.3, -0.25) is 9.89 Å². The predicted molar refractivity (Wildman–Crippen MR) is 105 cm³/mol. The first-order chi connectivity index (χ1) is 12.8. The summed E-state index contributed by atoms with van der Waals surface area (Å²) in [6.07, 6.45) is 0. The van der Waals surface area contributed by atoms with Crippen LogP contribution >= 0.6 is 0 Å². The zero-order valence-corrected chi connectivity index (χ0v) is 17.1. The number of methoxy groups -OCH3 is 1. The zero-order chi connectivity index (χ0) is 20.4. The van der Waals surface area contributed by atoms with E-state index in [0.29, 0.717) is 35.9 Å². The van der Waals surface area contributed by atoms with Gasteiger partial charge in [-0.2, -0.15) is 8.78 Å². The number of benzene rings is 1. The van der Waals surface area contributed by atoms with Crippen molar-refractivity contribution < 1.29 is 18.3 Å². The molecule has 27 heavy (non-hydrogen) atoms. The number of nitrogens with one attached hydrogen (secondary N) is 2. The summed E-state index contributed by atoms with van der Waals surface area (Å²) in [6, 6.07) is 5.75. The maximum Gasteiger partial charge on any atom is 0.387 e. The summed E-state index contributed by atoms with van der Waals surface area (Å²) in [5, 5.41) is 6.37. The van der Waals surface area contributed by atoms with Crippen molar-refractivity contribution in [3.63, 3.8) is 0 Å². The van der Waals surface area contributed by atoms with Crippen molar-refractivity contribution in [3.05, 3.63) is 23.8 Å². The van der Waals surface area contributed by atoms with E-state index in [1.807, 2.05) is 0 Å². The van der Waals surface area contributed by atoms with Gasteiger partial charge in [0.2, 0.25) is 0 Å². The van der Waals surface area contributed by atoms with Crippen LogP contribution in [-0.2, 0) is 6.54 Å². The normalized spacial score (nSPS) is 12.2. The third-order valence-electron chi connectivity index (χ3n) is 4.15. The summed E-state index contributed by atoms with van der Waals surface area (Å²) in [6.45, 7) is 7.66. The molecule has 1 aromatic rings. The van der Waals surface area contributed by atoms with Crippen LogP contribution in [0.1, 0.15) is 33.3 Å². The van der Waals surface area contributed by atoms with Gasteiger partial charge in [-0.1, -0.05) is 0 Å². The molecule has 0 fully saturated rings. The van der Waals surface area contributed by atoms with E-state index < -0.39 is 6.61 Å². The Morgan fingerprint density at radius 3 is 2.33 bits per heavy atom. The molecule has 0 amide bonds. The quantitative estimate of drug-likeness (QED) is 0.478. The maximum absolute atomic E-state index is 12.6. The first kappa shape index (κ1) is 23.0. The lowest BCUT2D eigenvalue weighted by Gasteiger charge is -2.30. The van der Waals surface area contributed by atoms with Crippen LogP contribution in [0.15, 0.2) is 23.2 Å². The van der Waals surface area contributed by atoms with Crippen molar-refractivity contribution in [3.8, 4) is 11.5 Å². The smallest absolute Gasteiger partial charge is 0.387 e. The first-order valence-corrected chi connectivity index (χ1v) is 9.10. The largest absolute Gasteiger partial charge is 0.497 e. The lowest BCUT2D eigenvalue weighted by atomic mass is 10.2. The summed E-state index contributed by atoms with van der Waals surface area (Å²) in [4.78, 5) is 6.55. The number of guanidine groups is 1. The number of aliphatic imine (C=N–C) groups is 1. The molecule has 0 atom stereocenters. The van der Waals surface area contributed by atoms with E-state index in [4.69, 9.17) is 4.74 Å². The molecule has 0 radical (unpaired) electrons.